The van der Waals surface area contributed by atoms with E-state index in [9.17, 15) is 27.6 Å². The Morgan fingerprint density at radius 1 is 0.972 bits per heavy atom. The summed E-state index contributed by atoms with van der Waals surface area (Å²) in [6.45, 7) is 1.79. The fourth-order valence-corrected chi connectivity index (χ4v) is 3.55. The van der Waals surface area contributed by atoms with Crippen molar-refractivity contribution < 1.29 is 22.8 Å². The predicted octanol–water partition coefficient (Wildman–Crippen LogP) is 3.16. The van der Waals surface area contributed by atoms with Gasteiger partial charge in [0.05, 0.1) is 28.9 Å². The molecule has 0 saturated carbocycles. The lowest BCUT2D eigenvalue weighted by atomic mass is 10.1. The molecule has 0 radical (unpaired) electrons. The van der Waals surface area contributed by atoms with Gasteiger partial charge in [-0.05, 0) is 70.9 Å². The fourth-order valence-electron chi connectivity index (χ4n) is 3.55. The Kier molecular flexibility index (Phi) is 6.43. The number of benzene rings is 3. The Morgan fingerprint density at radius 2 is 1.64 bits per heavy atom. The molecule has 0 unspecified atom stereocenters. The summed E-state index contributed by atoms with van der Waals surface area (Å²) in [5.41, 5.74) is 6.09. The maximum Gasteiger partial charge on any atom is 0.416 e. The van der Waals surface area contributed by atoms with Gasteiger partial charge in [-0.25, -0.2) is 4.79 Å². The summed E-state index contributed by atoms with van der Waals surface area (Å²) in [6.07, 6.45) is -4.49. The molecule has 36 heavy (non-hydrogen) atoms. The third-order valence-corrected chi connectivity index (χ3v) is 5.39. The van der Waals surface area contributed by atoms with E-state index in [2.05, 4.69) is 15.7 Å². The van der Waals surface area contributed by atoms with Crippen LogP contribution in [0.5, 0.6) is 0 Å². The van der Waals surface area contributed by atoms with Gasteiger partial charge in [0.25, 0.3) is 5.91 Å². The van der Waals surface area contributed by atoms with Crippen LogP contribution in [0.2, 0.25) is 0 Å². The smallest absolute Gasteiger partial charge is 0.366 e. The van der Waals surface area contributed by atoms with Crippen LogP contribution in [0.15, 0.2) is 71.5 Å². The summed E-state index contributed by atoms with van der Waals surface area (Å²) >= 11 is 0. The van der Waals surface area contributed by atoms with Crippen LogP contribution in [0.25, 0.3) is 5.69 Å². The van der Waals surface area contributed by atoms with E-state index in [4.69, 9.17) is 5.73 Å². The van der Waals surface area contributed by atoms with Crippen molar-refractivity contribution in [1.29, 1.82) is 0 Å². The second kappa shape index (κ2) is 9.49. The number of carbonyl (C=O) groups is 2. The van der Waals surface area contributed by atoms with Gasteiger partial charge in [-0.2, -0.15) is 22.5 Å². The van der Waals surface area contributed by atoms with Gasteiger partial charge in [0.2, 0.25) is 5.91 Å². The van der Waals surface area contributed by atoms with Gasteiger partial charge in [0.1, 0.15) is 0 Å². The summed E-state index contributed by atoms with van der Waals surface area (Å²) in [5, 5.41) is 10.3. The number of tetrazole rings is 1. The highest BCUT2D eigenvalue weighted by molar-refractivity contribution is 6.12. The number of nitrogens with two attached hydrogens (primary N) is 1. The van der Waals surface area contributed by atoms with E-state index in [1.54, 1.807) is 37.3 Å². The first-order valence-corrected chi connectivity index (χ1v) is 10.5. The summed E-state index contributed by atoms with van der Waals surface area (Å²) in [4.78, 5) is 37.0. The van der Waals surface area contributed by atoms with Crippen molar-refractivity contribution in [2.45, 2.75) is 19.6 Å². The molecule has 0 aliphatic heterocycles. The third kappa shape index (κ3) is 5.02. The summed E-state index contributed by atoms with van der Waals surface area (Å²) < 4.78 is 40.3. The minimum atomic E-state index is -4.49. The quantitative estimate of drug-likeness (QED) is 0.424. The molecule has 4 rings (SSSR count). The van der Waals surface area contributed by atoms with E-state index < -0.39 is 29.2 Å². The fraction of sp³-hybridized carbons (Fsp3) is 0.125. The first-order valence-electron chi connectivity index (χ1n) is 10.5. The number of alkyl halides is 3. The number of hydrogen-bond acceptors (Lipinski definition) is 5. The van der Waals surface area contributed by atoms with Crippen LogP contribution in [0.4, 0.5) is 18.9 Å². The van der Waals surface area contributed by atoms with Gasteiger partial charge in [-0.1, -0.05) is 24.3 Å². The summed E-state index contributed by atoms with van der Waals surface area (Å²) in [6, 6.07) is 15.2. The van der Waals surface area contributed by atoms with E-state index >= 15 is 0 Å². The zero-order valence-electron chi connectivity index (χ0n) is 18.8. The van der Waals surface area contributed by atoms with Crippen LogP contribution in [-0.2, 0) is 12.7 Å². The van der Waals surface area contributed by atoms with Gasteiger partial charge in [0.15, 0.2) is 0 Å². The Labute approximate surface area is 201 Å². The molecule has 3 aromatic carbocycles. The van der Waals surface area contributed by atoms with Crippen molar-refractivity contribution in [3.05, 3.63) is 105 Å². The van der Waals surface area contributed by atoms with Crippen molar-refractivity contribution in [2.24, 2.45) is 5.73 Å². The van der Waals surface area contributed by atoms with E-state index in [1.807, 2.05) is 0 Å². The molecule has 0 aliphatic rings. The van der Waals surface area contributed by atoms with Crippen molar-refractivity contribution in [2.75, 3.05) is 5.32 Å². The minimum Gasteiger partial charge on any atom is -0.366 e. The molecule has 0 spiro atoms. The molecule has 9 nitrogen and oxygen atoms in total. The van der Waals surface area contributed by atoms with Gasteiger partial charge in [-0.15, -0.1) is 0 Å². The predicted molar refractivity (Wildman–Crippen MR) is 124 cm³/mol. The molecule has 0 atom stereocenters. The Hall–Kier alpha value is -4.74. The maximum atomic E-state index is 12.8. The Morgan fingerprint density at radius 3 is 2.25 bits per heavy atom. The van der Waals surface area contributed by atoms with Crippen LogP contribution in [0, 0.1) is 6.92 Å². The molecule has 3 N–H and O–H groups in total. The average Bonchev–Trinajstić information content (AvgIpc) is 3.20. The second-order valence-corrected chi connectivity index (χ2v) is 7.89. The van der Waals surface area contributed by atoms with Crippen LogP contribution in [0.1, 0.15) is 37.4 Å². The number of nitrogens with zero attached hydrogens (tertiary/aromatic N) is 4. The zero-order valence-corrected chi connectivity index (χ0v) is 18.8. The van der Waals surface area contributed by atoms with E-state index in [0.717, 1.165) is 33.6 Å². The largest absolute Gasteiger partial charge is 0.416 e. The SMILES string of the molecule is Cc1cc(Cn2nnn(-c3ccc(C(F)(F)F)cc3)c2=O)ccc1NC(=O)c1ccccc1C(N)=O. The molecule has 1 heterocycles. The lowest BCUT2D eigenvalue weighted by molar-refractivity contribution is -0.137. The molecule has 4 aromatic rings. The highest BCUT2D eigenvalue weighted by atomic mass is 19.4. The lowest BCUT2D eigenvalue weighted by Crippen LogP contribution is -2.25. The summed E-state index contributed by atoms with van der Waals surface area (Å²) in [7, 11) is 0. The molecule has 0 saturated heterocycles. The number of nitrogens with one attached hydrogen (secondary N) is 1. The number of rotatable bonds is 6. The van der Waals surface area contributed by atoms with E-state index in [0.29, 0.717) is 16.8 Å². The van der Waals surface area contributed by atoms with Crippen molar-refractivity contribution in [1.82, 2.24) is 19.8 Å². The number of halogens is 3. The molecule has 0 fully saturated rings. The number of primary amides is 1. The average molecular weight is 496 g/mol. The Balaban J connectivity index is 1.51. The number of carbonyl (C=O) groups excluding carboxylic acids is 2. The van der Waals surface area contributed by atoms with Gasteiger partial charge < -0.3 is 11.1 Å². The minimum absolute atomic E-state index is 0.0407. The first-order chi connectivity index (χ1) is 17.0. The van der Waals surface area contributed by atoms with Crippen molar-refractivity contribution in [3.63, 3.8) is 0 Å². The highest BCUT2D eigenvalue weighted by Gasteiger charge is 2.30. The first kappa shape index (κ1) is 24.4. The van der Waals surface area contributed by atoms with Crippen molar-refractivity contribution >= 4 is 17.5 Å². The van der Waals surface area contributed by atoms with Crippen LogP contribution < -0.4 is 16.7 Å². The summed E-state index contributed by atoms with van der Waals surface area (Å²) in [5.74, 6) is -1.22. The standard InChI is InChI=1S/C24H19F3N6O3/c1-14-12-15(6-11-20(14)29-22(35)19-5-3-2-4-18(19)21(28)34)13-32-23(36)33(31-30-32)17-9-7-16(8-10-17)24(25,26)27/h2-12H,13H2,1H3,(H2,28,34)(H,29,35). The third-order valence-electron chi connectivity index (χ3n) is 5.39. The number of amides is 2. The van der Waals surface area contributed by atoms with Crippen LogP contribution in [-0.4, -0.2) is 31.6 Å². The van der Waals surface area contributed by atoms with Gasteiger partial charge in [-0.3, -0.25) is 9.59 Å². The normalized spacial score (nSPS) is 11.3. The lowest BCUT2D eigenvalue weighted by Gasteiger charge is -2.11. The van der Waals surface area contributed by atoms with Crippen LogP contribution >= 0.6 is 0 Å². The molecule has 12 heteroatoms. The number of aromatic nitrogens is 4. The van der Waals surface area contributed by atoms with Crippen molar-refractivity contribution in [3.8, 4) is 5.69 Å². The zero-order chi connectivity index (χ0) is 26.0. The van der Waals surface area contributed by atoms with E-state index in [1.165, 1.54) is 12.1 Å². The molecule has 184 valence electrons. The molecule has 0 bridgehead atoms. The number of anilines is 1. The molecular weight excluding hydrogens is 477 g/mol. The number of aryl methyl sites for hydroxylation is 1. The molecular formula is C24H19F3N6O3. The van der Waals surface area contributed by atoms with Gasteiger partial charge in [0, 0.05) is 5.69 Å². The Bertz CT molecular complexity index is 1510. The molecule has 1 aromatic heterocycles. The van der Waals surface area contributed by atoms with Gasteiger partial charge >= 0.3 is 11.9 Å². The monoisotopic (exact) mass is 496 g/mol. The number of hydrogen-bond donors (Lipinski definition) is 2. The van der Waals surface area contributed by atoms with Crippen LogP contribution in [0.3, 0.4) is 0 Å². The molecule has 0 aliphatic carbocycles. The maximum absolute atomic E-state index is 12.8. The highest BCUT2D eigenvalue weighted by Crippen LogP contribution is 2.29. The van der Waals surface area contributed by atoms with E-state index in [-0.39, 0.29) is 23.4 Å². The molecule has 2 amide bonds. The topological polar surface area (TPSA) is 125 Å². The second-order valence-electron chi connectivity index (χ2n) is 7.89.